The van der Waals surface area contributed by atoms with Crippen LogP contribution in [0.4, 0.5) is 4.79 Å². The van der Waals surface area contributed by atoms with E-state index >= 15 is 0 Å². The van der Waals surface area contributed by atoms with Gasteiger partial charge in [-0.2, -0.15) is 0 Å². The summed E-state index contributed by atoms with van der Waals surface area (Å²) in [5.74, 6) is -1.40. The maximum Gasteiger partial charge on any atom is 0.419 e. The fourth-order valence-corrected chi connectivity index (χ4v) is 4.48. The molecule has 0 atom stereocenters. The molecule has 2 aromatic rings. The molecule has 1 saturated carbocycles. The Hall–Kier alpha value is -3.10. The molecule has 1 saturated heterocycles. The number of esters is 1. The van der Waals surface area contributed by atoms with Crippen molar-refractivity contribution >= 4 is 29.0 Å². The number of urea groups is 1. The van der Waals surface area contributed by atoms with Crippen LogP contribution in [0.25, 0.3) is 11.1 Å². The van der Waals surface area contributed by atoms with Gasteiger partial charge in [-0.1, -0.05) is 31.4 Å². The lowest BCUT2D eigenvalue weighted by atomic mass is 9.81. The van der Waals surface area contributed by atoms with E-state index in [1.54, 1.807) is 25.2 Å². The van der Waals surface area contributed by atoms with Gasteiger partial charge in [0.05, 0.1) is 12.1 Å². The van der Waals surface area contributed by atoms with Gasteiger partial charge in [-0.05, 0) is 31.4 Å². The number of para-hydroxylation sites is 2. The summed E-state index contributed by atoms with van der Waals surface area (Å²) in [6.45, 7) is 0.0108. The van der Waals surface area contributed by atoms with E-state index in [4.69, 9.17) is 9.15 Å². The van der Waals surface area contributed by atoms with Crippen LogP contribution in [0, 0.1) is 0 Å². The maximum atomic E-state index is 12.9. The summed E-state index contributed by atoms with van der Waals surface area (Å²) < 4.78 is 11.9. The van der Waals surface area contributed by atoms with Crippen LogP contribution in [0.3, 0.4) is 0 Å². The highest BCUT2D eigenvalue weighted by molar-refractivity contribution is 6.08. The molecule has 2 heterocycles. The predicted octanol–water partition coefficient (Wildman–Crippen LogP) is 2.12. The minimum Gasteiger partial charge on any atom is -0.464 e. The van der Waals surface area contributed by atoms with E-state index in [0.717, 1.165) is 24.2 Å². The summed E-state index contributed by atoms with van der Waals surface area (Å²) in [5.41, 5.74) is 0.383. The number of aromatic nitrogens is 1. The number of imide groups is 1. The number of hydrogen-bond acceptors (Lipinski definition) is 6. The van der Waals surface area contributed by atoms with Crippen molar-refractivity contribution in [3.05, 3.63) is 34.8 Å². The second-order valence-corrected chi connectivity index (χ2v) is 7.89. The van der Waals surface area contributed by atoms with Crippen molar-refractivity contribution in [2.24, 2.45) is 0 Å². The summed E-state index contributed by atoms with van der Waals surface area (Å²) >= 11 is 0. The van der Waals surface area contributed by atoms with Gasteiger partial charge in [-0.3, -0.25) is 19.1 Å². The summed E-state index contributed by atoms with van der Waals surface area (Å²) in [4.78, 5) is 52.1. The van der Waals surface area contributed by atoms with E-state index < -0.39 is 29.8 Å². The number of fused-ring (bicyclic) bond motifs is 1. The molecule has 3 amide bonds. The zero-order chi connectivity index (χ0) is 21.3. The highest BCUT2D eigenvalue weighted by Crippen LogP contribution is 2.39. The lowest BCUT2D eigenvalue weighted by molar-refractivity contribution is -0.148. The molecule has 2 aliphatic rings. The number of likely N-dealkylation sites (N-methyl/N-ethyl adjacent to an activating group) is 1. The average Bonchev–Trinajstić information content (AvgIpc) is 3.15. The van der Waals surface area contributed by atoms with Gasteiger partial charge in [0.1, 0.15) is 12.1 Å². The van der Waals surface area contributed by atoms with Crippen LogP contribution >= 0.6 is 0 Å². The quantitative estimate of drug-likeness (QED) is 0.407. The number of benzene rings is 1. The van der Waals surface area contributed by atoms with Crippen LogP contribution in [0.5, 0.6) is 0 Å². The SMILES string of the molecule is CN1C(=O)N(CC(=O)OCCCn2c(=O)oc3ccccc32)C(=O)C12CCCCC2. The lowest BCUT2D eigenvalue weighted by Gasteiger charge is -2.35. The number of hydrogen-bond donors (Lipinski definition) is 0. The molecule has 1 aromatic heterocycles. The van der Waals surface area contributed by atoms with Crippen molar-refractivity contribution in [1.29, 1.82) is 0 Å². The highest BCUT2D eigenvalue weighted by atomic mass is 16.5. The molecule has 9 heteroatoms. The van der Waals surface area contributed by atoms with Crippen LogP contribution in [0.1, 0.15) is 38.5 Å². The Morgan fingerprint density at radius 2 is 1.87 bits per heavy atom. The maximum absolute atomic E-state index is 12.9. The summed E-state index contributed by atoms with van der Waals surface area (Å²) in [6.07, 6.45) is 4.50. The molecule has 4 rings (SSSR count). The zero-order valence-corrected chi connectivity index (χ0v) is 17.0. The molecule has 160 valence electrons. The molecule has 0 radical (unpaired) electrons. The first-order valence-electron chi connectivity index (χ1n) is 10.3. The first-order valence-corrected chi connectivity index (χ1v) is 10.3. The second-order valence-electron chi connectivity index (χ2n) is 7.89. The van der Waals surface area contributed by atoms with Crippen LogP contribution in [0.15, 0.2) is 33.5 Å². The Kier molecular flexibility index (Phi) is 5.36. The first-order chi connectivity index (χ1) is 14.4. The predicted molar refractivity (Wildman–Crippen MR) is 107 cm³/mol. The van der Waals surface area contributed by atoms with E-state index in [9.17, 15) is 19.2 Å². The number of oxazole rings is 1. The van der Waals surface area contributed by atoms with Crippen molar-refractivity contribution in [3.8, 4) is 0 Å². The molecule has 1 aliphatic carbocycles. The van der Waals surface area contributed by atoms with Gasteiger partial charge >= 0.3 is 17.8 Å². The molecular weight excluding hydrogens is 390 g/mol. The Labute approximate surface area is 173 Å². The molecule has 0 N–H and O–H groups in total. The molecular formula is C21H25N3O6. The Morgan fingerprint density at radius 1 is 1.13 bits per heavy atom. The molecule has 1 spiro atoms. The van der Waals surface area contributed by atoms with E-state index in [1.165, 1.54) is 9.47 Å². The van der Waals surface area contributed by atoms with E-state index in [2.05, 4.69) is 0 Å². The van der Waals surface area contributed by atoms with Crippen molar-refractivity contribution < 1.29 is 23.5 Å². The molecule has 0 unspecified atom stereocenters. The van der Waals surface area contributed by atoms with E-state index in [0.29, 0.717) is 36.9 Å². The minimum absolute atomic E-state index is 0.0714. The number of aryl methyl sites for hydroxylation is 1. The molecule has 1 aliphatic heterocycles. The molecule has 1 aromatic carbocycles. The first kappa shape index (κ1) is 20.2. The van der Waals surface area contributed by atoms with Crippen molar-refractivity contribution in [3.63, 3.8) is 0 Å². The smallest absolute Gasteiger partial charge is 0.419 e. The van der Waals surface area contributed by atoms with Crippen LogP contribution < -0.4 is 5.76 Å². The van der Waals surface area contributed by atoms with Gasteiger partial charge in [0.25, 0.3) is 5.91 Å². The third kappa shape index (κ3) is 3.38. The number of carbonyl (C=O) groups is 3. The molecule has 30 heavy (non-hydrogen) atoms. The average molecular weight is 415 g/mol. The van der Waals surface area contributed by atoms with E-state index in [-0.39, 0.29) is 12.5 Å². The number of ether oxygens (including phenoxy) is 1. The third-order valence-electron chi connectivity index (χ3n) is 6.13. The van der Waals surface area contributed by atoms with Crippen molar-refractivity contribution in [1.82, 2.24) is 14.4 Å². The Balaban J connectivity index is 1.31. The normalized spacial score (nSPS) is 18.6. The van der Waals surface area contributed by atoms with E-state index in [1.807, 2.05) is 6.07 Å². The van der Waals surface area contributed by atoms with Crippen LogP contribution in [-0.4, -0.2) is 58.0 Å². The molecule has 2 fully saturated rings. The summed E-state index contributed by atoms with van der Waals surface area (Å²) in [6, 6.07) is 6.65. The van der Waals surface area contributed by atoms with Gasteiger partial charge in [0.15, 0.2) is 5.58 Å². The number of carbonyl (C=O) groups excluding carboxylic acids is 3. The van der Waals surface area contributed by atoms with Gasteiger partial charge in [0.2, 0.25) is 0 Å². The fraction of sp³-hybridized carbons (Fsp3) is 0.524. The van der Waals surface area contributed by atoms with Crippen LogP contribution in [0.2, 0.25) is 0 Å². The van der Waals surface area contributed by atoms with Gasteiger partial charge < -0.3 is 14.1 Å². The molecule has 0 bridgehead atoms. The monoisotopic (exact) mass is 415 g/mol. The number of rotatable bonds is 6. The topological polar surface area (TPSA) is 102 Å². The fourth-order valence-electron chi connectivity index (χ4n) is 4.48. The van der Waals surface area contributed by atoms with Crippen LogP contribution in [-0.2, 0) is 20.9 Å². The minimum atomic E-state index is -0.806. The Morgan fingerprint density at radius 3 is 2.63 bits per heavy atom. The third-order valence-corrected chi connectivity index (χ3v) is 6.13. The second kappa shape index (κ2) is 7.97. The van der Waals surface area contributed by atoms with Crippen molar-refractivity contribution in [2.45, 2.75) is 50.6 Å². The Bertz CT molecular complexity index is 1030. The van der Waals surface area contributed by atoms with Gasteiger partial charge in [-0.25, -0.2) is 9.59 Å². The lowest BCUT2D eigenvalue weighted by Crippen LogP contribution is -2.49. The largest absolute Gasteiger partial charge is 0.464 e. The summed E-state index contributed by atoms with van der Waals surface area (Å²) in [7, 11) is 1.63. The van der Waals surface area contributed by atoms with Crippen molar-refractivity contribution in [2.75, 3.05) is 20.2 Å². The molecule has 9 nitrogen and oxygen atoms in total. The number of nitrogens with zero attached hydrogens (tertiary/aromatic N) is 3. The van der Waals surface area contributed by atoms with Gasteiger partial charge in [0, 0.05) is 13.6 Å². The summed E-state index contributed by atoms with van der Waals surface area (Å²) in [5, 5.41) is 0. The standard InChI is InChI=1S/C21H25N3O6/c1-22-19(27)24(18(26)21(22)10-5-2-6-11-21)14-17(25)29-13-7-12-23-15-8-3-4-9-16(15)30-20(23)28/h3-4,8-9H,2,5-7,10-14H2,1H3. The highest BCUT2D eigenvalue weighted by Gasteiger charge is 2.55. The zero-order valence-electron chi connectivity index (χ0n) is 17.0. The van der Waals surface area contributed by atoms with Gasteiger partial charge in [-0.15, -0.1) is 0 Å². The number of amides is 3.